The van der Waals surface area contributed by atoms with Gasteiger partial charge in [0.2, 0.25) is 0 Å². The van der Waals surface area contributed by atoms with Crippen molar-refractivity contribution in [2.45, 2.75) is 69.6 Å². The number of hydrogen-bond donors (Lipinski definition) is 1. The van der Waals surface area contributed by atoms with Crippen LogP contribution in [0.15, 0.2) is 24.3 Å². The van der Waals surface area contributed by atoms with E-state index in [9.17, 15) is 5.11 Å². The molecule has 1 aromatic carbocycles. The van der Waals surface area contributed by atoms with E-state index < -0.39 is 5.60 Å². The van der Waals surface area contributed by atoms with Crippen molar-refractivity contribution >= 4 is 0 Å². The summed E-state index contributed by atoms with van der Waals surface area (Å²) in [4.78, 5) is 2.53. The predicted octanol–water partition coefficient (Wildman–Crippen LogP) is 3.45. The fraction of sp³-hybridized carbons (Fsp3) is 0.652. The monoisotopic (exact) mass is 369 g/mol. The topological polar surface area (TPSA) is 41.9 Å². The number of ether oxygens (including phenoxy) is 2. The van der Waals surface area contributed by atoms with Crippen molar-refractivity contribution in [3.05, 3.63) is 35.4 Å². The molecular weight excluding hydrogens is 338 g/mol. The van der Waals surface area contributed by atoms with Crippen molar-refractivity contribution in [2.75, 3.05) is 20.2 Å². The van der Waals surface area contributed by atoms with Gasteiger partial charge >= 0.3 is 0 Å². The molecule has 4 atom stereocenters. The van der Waals surface area contributed by atoms with Crippen LogP contribution in [0.5, 0.6) is 11.5 Å². The van der Waals surface area contributed by atoms with Crippen LogP contribution < -0.4 is 9.47 Å². The van der Waals surface area contributed by atoms with Gasteiger partial charge in [-0.15, -0.1) is 0 Å². The molecular formula is C23H31NO3. The average molecular weight is 370 g/mol. The van der Waals surface area contributed by atoms with E-state index >= 15 is 0 Å². The summed E-state index contributed by atoms with van der Waals surface area (Å²) in [5.41, 5.74) is 1.15. The Bertz CT molecular complexity index is 816. The van der Waals surface area contributed by atoms with E-state index in [1.165, 1.54) is 24.0 Å². The summed E-state index contributed by atoms with van der Waals surface area (Å²) in [7, 11) is 1.70. The molecule has 0 unspecified atom stereocenters. The highest BCUT2D eigenvalue weighted by Crippen LogP contribution is 2.66. The van der Waals surface area contributed by atoms with Crippen LogP contribution in [-0.2, 0) is 11.8 Å². The van der Waals surface area contributed by atoms with Crippen molar-refractivity contribution in [1.82, 2.24) is 4.90 Å². The van der Waals surface area contributed by atoms with Crippen molar-refractivity contribution in [1.29, 1.82) is 0 Å². The summed E-state index contributed by atoms with van der Waals surface area (Å²) < 4.78 is 12.3. The number of nitrogens with zero attached hydrogens (tertiary/aromatic N) is 1. The fourth-order valence-corrected chi connectivity index (χ4v) is 6.41. The first-order chi connectivity index (χ1) is 12.9. The van der Waals surface area contributed by atoms with Crippen LogP contribution in [0.1, 0.15) is 51.2 Å². The standard InChI is InChI=1S/C23H31NO3/c1-5-6-12-24-13-11-22-18-15-7-8-16(26-4)19(18)27-20(22)21(2,3)9-10-23(22,25)17(24)14-15/h7-10,17,20,25H,5-6,11-14H2,1-4H3/t17-,20+,22+,23-/m0/s1. The van der Waals surface area contributed by atoms with Gasteiger partial charge in [0.15, 0.2) is 11.5 Å². The summed E-state index contributed by atoms with van der Waals surface area (Å²) >= 11 is 0. The largest absolute Gasteiger partial charge is 0.493 e. The minimum atomic E-state index is -0.885. The lowest BCUT2D eigenvalue weighted by atomic mass is 9.47. The van der Waals surface area contributed by atoms with Crippen LogP contribution in [-0.4, -0.2) is 48.0 Å². The van der Waals surface area contributed by atoms with Gasteiger partial charge in [-0.1, -0.05) is 45.4 Å². The lowest BCUT2D eigenvalue weighted by Gasteiger charge is -2.63. The van der Waals surface area contributed by atoms with Gasteiger partial charge in [-0.25, -0.2) is 0 Å². The van der Waals surface area contributed by atoms with Crippen molar-refractivity contribution in [2.24, 2.45) is 5.41 Å². The number of rotatable bonds is 4. The molecule has 1 fully saturated rings. The Morgan fingerprint density at radius 2 is 2.11 bits per heavy atom. The molecule has 1 saturated heterocycles. The number of likely N-dealkylation sites (tertiary alicyclic amines) is 1. The minimum Gasteiger partial charge on any atom is -0.493 e. The molecule has 146 valence electrons. The van der Waals surface area contributed by atoms with Crippen LogP contribution in [0.4, 0.5) is 0 Å². The molecule has 0 saturated carbocycles. The molecule has 2 bridgehead atoms. The third-order valence-electron chi connectivity index (χ3n) is 7.67. The molecule has 0 amide bonds. The summed E-state index contributed by atoms with van der Waals surface area (Å²) in [5.74, 6) is 1.66. The molecule has 1 spiro atoms. The maximum atomic E-state index is 12.2. The Kier molecular flexibility index (Phi) is 3.59. The van der Waals surface area contributed by atoms with E-state index in [0.717, 1.165) is 37.4 Å². The van der Waals surface area contributed by atoms with Crippen molar-refractivity contribution < 1.29 is 14.6 Å². The quantitative estimate of drug-likeness (QED) is 0.826. The van der Waals surface area contributed by atoms with Gasteiger partial charge in [0.05, 0.1) is 12.5 Å². The van der Waals surface area contributed by atoms with E-state index in [0.29, 0.717) is 0 Å². The highest BCUT2D eigenvalue weighted by Gasteiger charge is 2.72. The summed E-state index contributed by atoms with van der Waals surface area (Å²) in [6.07, 6.45) is 8.39. The van der Waals surface area contributed by atoms with E-state index in [2.05, 4.69) is 43.9 Å². The molecule has 27 heavy (non-hydrogen) atoms. The van der Waals surface area contributed by atoms with Gasteiger partial charge in [0, 0.05) is 17.0 Å². The lowest BCUT2D eigenvalue weighted by molar-refractivity contribution is -0.157. The molecule has 4 nitrogen and oxygen atoms in total. The summed E-state index contributed by atoms with van der Waals surface area (Å²) in [5, 5.41) is 12.2. The number of benzene rings is 1. The third-order valence-corrected chi connectivity index (χ3v) is 7.67. The molecule has 1 aromatic rings. The number of methoxy groups -OCH3 is 1. The first-order valence-corrected chi connectivity index (χ1v) is 10.4. The van der Waals surface area contributed by atoms with Crippen LogP contribution in [0.3, 0.4) is 0 Å². The Morgan fingerprint density at radius 1 is 1.30 bits per heavy atom. The van der Waals surface area contributed by atoms with Gasteiger partial charge in [0.1, 0.15) is 11.7 Å². The smallest absolute Gasteiger partial charge is 0.165 e. The number of unbranched alkanes of at least 4 members (excludes halogenated alkanes) is 1. The molecule has 2 aliphatic heterocycles. The molecule has 2 aliphatic carbocycles. The van der Waals surface area contributed by atoms with E-state index in [-0.39, 0.29) is 23.0 Å². The second-order valence-corrected chi connectivity index (χ2v) is 9.44. The Balaban J connectivity index is 1.75. The number of hydrogen-bond acceptors (Lipinski definition) is 4. The molecule has 4 heteroatoms. The normalized spacial score (nSPS) is 37.7. The molecule has 2 heterocycles. The summed E-state index contributed by atoms with van der Waals surface area (Å²) in [6.45, 7) is 8.77. The summed E-state index contributed by atoms with van der Waals surface area (Å²) in [6, 6.07) is 4.36. The average Bonchev–Trinajstić information content (AvgIpc) is 3.00. The second-order valence-electron chi connectivity index (χ2n) is 9.44. The first kappa shape index (κ1) is 17.6. The van der Waals surface area contributed by atoms with Crippen LogP contribution in [0.25, 0.3) is 0 Å². The van der Waals surface area contributed by atoms with Crippen LogP contribution in [0.2, 0.25) is 0 Å². The maximum absolute atomic E-state index is 12.2. The van der Waals surface area contributed by atoms with E-state index in [1.54, 1.807) is 7.11 Å². The van der Waals surface area contributed by atoms with E-state index in [1.807, 2.05) is 6.07 Å². The molecule has 5 rings (SSSR count). The van der Waals surface area contributed by atoms with Gasteiger partial charge in [-0.2, -0.15) is 0 Å². The third kappa shape index (κ3) is 1.96. The van der Waals surface area contributed by atoms with Crippen LogP contribution >= 0.6 is 0 Å². The van der Waals surface area contributed by atoms with Gasteiger partial charge in [0.25, 0.3) is 0 Å². The second kappa shape index (κ2) is 5.51. The molecule has 0 aromatic heterocycles. The Labute approximate surface area is 162 Å². The van der Waals surface area contributed by atoms with Crippen molar-refractivity contribution in [3.8, 4) is 11.5 Å². The number of piperidine rings is 1. The SMILES string of the molecule is CCCCN1CC[C@@]23c4c5ccc(OC)c4O[C@@H]2C(C)(C)C=C[C@]3(O)[C@@H]1C5. The fourth-order valence-electron chi connectivity index (χ4n) is 6.41. The highest BCUT2D eigenvalue weighted by atomic mass is 16.5. The zero-order valence-electron chi connectivity index (χ0n) is 16.9. The lowest BCUT2D eigenvalue weighted by Crippen LogP contribution is -2.76. The van der Waals surface area contributed by atoms with Gasteiger partial charge in [-0.3, -0.25) is 4.90 Å². The Hall–Kier alpha value is -1.52. The Morgan fingerprint density at radius 3 is 2.85 bits per heavy atom. The van der Waals surface area contributed by atoms with Crippen LogP contribution in [0, 0.1) is 5.41 Å². The predicted molar refractivity (Wildman–Crippen MR) is 106 cm³/mol. The first-order valence-electron chi connectivity index (χ1n) is 10.4. The maximum Gasteiger partial charge on any atom is 0.165 e. The van der Waals surface area contributed by atoms with Crippen molar-refractivity contribution in [3.63, 3.8) is 0 Å². The molecule has 0 radical (unpaired) electrons. The minimum absolute atomic E-state index is 0.0684. The zero-order valence-corrected chi connectivity index (χ0v) is 16.9. The van der Waals surface area contributed by atoms with Gasteiger partial charge < -0.3 is 14.6 Å². The number of aliphatic hydroxyl groups is 1. The van der Waals surface area contributed by atoms with Gasteiger partial charge in [-0.05, 0) is 44.0 Å². The van der Waals surface area contributed by atoms with E-state index in [4.69, 9.17) is 9.47 Å². The highest BCUT2D eigenvalue weighted by molar-refractivity contribution is 5.64. The molecule has 4 aliphatic rings. The zero-order chi connectivity index (χ0) is 19.0. The molecule has 1 N–H and O–H groups in total.